The summed E-state index contributed by atoms with van der Waals surface area (Å²) in [7, 11) is 0. The molecule has 0 saturated carbocycles. The summed E-state index contributed by atoms with van der Waals surface area (Å²) >= 11 is 2.93. The number of rotatable bonds is 5. The molecule has 0 bridgehead atoms. The minimum Gasteiger partial charge on any atom is -0.368 e. The molecule has 1 rings (SSSR count). The van der Waals surface area contributed by atoms with Gasteiger partial charge in [-0.25, -0.2) is 8.78 Å². The van der Waals surface area contributed by atoms with E-state index in [0.717, 1.165) is 17.0 Å². The number of benzene rings is 1. The van der Waals surface area contributed by atoms with Gasteiger partial charge in [-0.15, -0.1) is 0 Å². The van der Waals surface area contributed by atoms with Crippen molar-refractivity contribution in [1.29, 1.82) is 0 Å². The molecule has 0 saturated heterocycles. The molecule has 0 aliphatic rings. The first-order valence-electron chi connectivity index (χ1n) is 5.94. The lowest BCUT2D eigenvalue weighted by atomic mass is 10.1. The highest BCUT2D eigenvalue weighted by Crippen LogP contribution is 2.21. The zero-order valence-corrected chi connectivity index (χ0v) is 12.7. The van der Waals surface area contributed by atoms with Gasteiger partial charge in [-0.2, -0.15) is 0 Å². The Hall–Kier alpha value is -1.50. The normalized spacial score (nSPS) is 10.7. The van der Waals surface area contributed by atoms with Crippen molar-refractivity contribution in [2.45, 2.75) is 13.8 Å². The van der Waals surface area contributed by atoms with Gasteiger partial charge in [-0.1, -0.05) is 29.8 Å². The van der Waals surface area contributed by atoms with Gasteiger partial charge in [0, 0.05) is 11.0 Å². The minimum absolute atomic E-state index is 0.0277. The third-order valence-electron chi connectivity index (χ3n) is 2.44. The average Bonchev–Trinajstić information content (AvgIpc) is 2.24. The molecular formula is C13H15BrF2N2O2. The Morgan fingerprint density at radius 1 is 1.30 bits per heavy atom. The minimum atomic E-state index is -0.986. The molecule has 0 aliphatic heterocycles. The smallest absolute Gasteiger partial charge is 0.260 e. The standard InChI is InChI=1S/C13H15BrF2N2O2/c1-7(2)5-18(6-11(17)19)13(20)12-9(15)3-8(14)4-10(12)16/h3-4,7H,5-6H2,1-2H3,(H2,17,19). The molecule has 0 spiro atoms. The molecule has 0 radical (unpaired) electrons. The molecule has 0 aromatic heterocycles. The highest BCUT2D eigenvalue weighted by Gasteiger charge is 2.25. The van der Waals surface area contributed by atoms with Crippen LogP contribution in [0.25, 0.3) is 0 Å². The summed E-state index contributed by atoms with van der Waals surface area (Å²) in [6, 6.07) is 1.99. The van der Waals surface area contributed by atoms with Crippen molar-refractivity contribution in [3.63, 3.8) is 0 Å². The Bertz CT molecular complexity index is 512. The second kappa shape index (κ2) is 6.78. The van der Waals surface area contributed by atoms with Crippen molar-refractivity contribution in [3.05, 3.63) is 33.8 Å². The SMILES string of the molecule is CC(C)CN(CC(N)=O)C(=O)c1c(F)cc(Br)cc1F. The molecule has 0 atom stereocenters. The van der Waals surface area contributed by atoms with Gasteiger partial charge in [0.05, 0.1) is 6.54 Å². The third kappa shape index (κ3) is 4.26. The first-order valence-corrected chi connectivity index (χ1v) is 6.73. The van der Waals surface area contributed by atoms with Crippen LogP contribution in [0.1, 0.15) is 24.2 Å². The number of hydrogen-bond acceptors (Lipinski definition) is 2. The van der Waals surface area contributed by atoms with Crippen LogP contribution in [0, 0.1) is 17.6 Å². The monoisotopic (exact) mass is 348 g/mol. The molecule has 0 heterocycles. The Morgan fingerprint density at radius 3 is 2.20 bits per heavy atom. The van der Waals surface area contributed by atoms with Crippen LogP contribution in [-0.4, -0.2) is 29.8 Å². The van der Waals surface area contributed by atoms with Gasteiger partial charge in [-0.3, -0.25) is 9.59 Å². The van der Waals surface area contributed by atoms with E-state index in [1.165, 1.54) is 0 Å². The lowest BCUT2D eigenvalue weighted by molar-refractivity contribution is -0.118. The third-order valence-corrected chi connectivity index (χ3v) is 2.90. The fraction of sp³-hybridized carbons (Fsp3) is 0.385. The lowest BCUT2D eigenvalue weighted by Gasteiger charge is -2.23. The number of nitrogens with two attached hydrogens (primary N) is 1. The van der Waals surface area contributed by atoms with E-state index in [1.54, 1.807) is 0 Å². The molecule has 0 aliphatic carbocycles. The van der Waals surface area contributed by atoms with Crippen LogP contribution in [0.3, 0.4) is 0 Å². The fourth-order valence-electron chi connectivity index (χ4n) is 1.75. The lowest BCUT2D eigenvalue weighted by Crippen LogP contribution is -2.41. The van der Waals surface area contributed by atoms with E-state index in [9.17, 15) is 18.4 Å². The van der Waals surface area contributed by atoms with Gasteiger partial charge in [0.25, 0.3) is 5.91 Å². The Kier molecular flexibility index (Phi) is 5.62. The fourth-order valence-corrected chi connectivity index (χ4v) is 2.15. The van der Waals surface area contributed by atoms with E-state index in [-0.39, 0.29) is 23.5 Å². The summed E-state index contributed by atoms with van der Waals surface area (Å²) in [5, 5.41) is 0. The zero-order valence-electron chi connectivity index (χ0n) is 11.1. The first kappa shape index (κ1) is 16.6. The van der Waals surface area contributed by atoms with Crippen molar-refractivity contribution >= 4 is 27.7 Å². The molecule has 110 valence electrons. The summed E-state index contributed by atoms with van der Waals surface area (Å²) in [6.07, 6.45) is 0. The van der Waals surface area contributed by atoms with Gasteiger partial charge in [0.1, 0.15) is 17.2 Å². The topological polar surface area (TPSA) is 63.4 Å². The number of nitrogens with zero attached hydrogens (tertiary/aromatic N) is 1. The maximum Gasteiger partial charge on any atom is 0.260 e. The van der Waals surface area contributed by atoms with Gasteiger partial charge in [0.15, 0.2) is 0 Å². The van der Waals surface area contributed by atoms with E-state index < -0.39 is 29.0 Å². The highest BCUT2D eigenvalue weighted by atomic mass is 79.9. The quantitative estimate of drug-likeness (QED) is 0.887. The predicted octanol–water partition coefficient (Wildman–Crippen LogP) is 2.31. The number of carbonyl (C=O) groups excluding carboxylic acids is 2. The van der Waals surface area contributed by atoms with Crippen molar-refractivity contribution in [1.82, 2.24) is 4.90 Å². The Labute approximate surface area is 124 Å². The number of hydrogen-bond donors (Lipinski definition) is 1. The maximum absolute atomic E-state index is 13.8. The van der Waals surface area contributed by atoms with E-state index in [4.69, 9.17) is 5.73 Å². The Balaban J connectivity index is 3.15. The zero-order chi connectivity index (χ0) is 15.4. The largest absolute Gasteiger partial charge is 0.368 e. The molecule has 20 heavy (non-hydrogen) atoms. The van der Waals surface area contributed by atoms with Gasteiger partial charge < -0.3 is 10.6 Å². The summed E-state index contributed by atoms with van der Waals surface area (Å²) in [4.78, 5) is 24.2. The number of halogens is 3. The van der Waals surface area contributed by atoms with Crippen LogP contribution in [0.2, 0.25) is 0 Å². The first-order chi connectivity index (χ1) is 9.22. The molecule has 0 unspecified atom stereocenters. The number of amides is 2. The summed E-state index contributed by atoms with van der Waals surface area (Å²) in [5.74, 6) is -3.57. The van der Waals surface area contributed by atoms with Crippen LogP contribution >= 0.6 is 15.9 Å². The van der Waals surface area contributed by atoms with E-state index in [2.05, 4.69) is 15.9 Å². The average molecular weight is 349 g/mol. The molecule has 2 amide bonds. The molecule has 1 aromatic rings. The molecule has 0 fully saturated rings. The van der Waals surface area contributed by atoms with Crippen molar-refractivity contribution < 1.29 is 18.4 Å². The maximum atomic E-state index is 13.8. The van der Waals surface area contributed by atoms with Crippen LogP contribution in [0.15, 0.2) is 16.6 Å². The van der Waals surface area contributed by atoms with Gasteiger partial charge in [-0.05, 0) is 18.1 Å². The van der Waals surface area contributed by atoms with E-state index in [0.29, 0.717) is 0 Å². The molecule has 4 nitrogen and oxygen atoms in total. The molecule has 7 heteroatoms. The second-order valence-corrected chi connectivity index (χ2v) is 5.71. The van der Waals surface area contributed by atoms with Crippen LogP contribution in [0.4, 0.5) is 8.78 Å². The highest BCUT2D eigenvalue weighted by molar-refractivity contribution is 9.10. The van der Waals surface area contributed by atoms with Gasteiger partial charge >= 0.3 is 0 Å². The van der Waals surface area contributed by atoms with E-state index in [1.807, 2.05) is 13.8 Å². The summed E-state index contributed by atoms with van der Waals surface area (Å²) in [6.45, 7) is 3.42. The van der Waals surface area contributed by atoms with Crippen LogP contribution in [0.5, 0.6) is 0 Å². The number of primary amides is 1. The van der Waals surface area contributed by atoms with Crippen LogP contribution < -0.4 is 5.73 Å². The summed E-state index contributed by atoms with van der Waals surface area (Å²) < 4.78 is 27.7. The predicted molar refractivity (Wildman–Crippen MR) is 74.0 cm³/mol. The Morgan fingerprint density at radius 2 is 1.80 bits per heavy atom. The second-order valence-electron chi connectivity index (χ2n) is 4.79. The van der Waals surface area contributed by atoms with Crippen LogP contribution in [-0.2, 0) is 4.79 Å². The van der Waals surface area contributed by atoms with Crippen molar-refractivity contribution in [2.75, 3.05) is 13.1 Å². The summed E-state index contributed by atoms with van der Waals surface area (Å²) in [5.41, 5.74) is 4.37. The molecular weight excluding hydrogens is 334 g/mol. The number of carbonyl (C=O) groups is 2. The molecule has 1 aromatic carbocycles. The van der Waals surface area contributed by atoms with Gasteiger partial charge in [0.2, 0.25) is 5.91 Å². The van der Waals surface area contributed by atoms with E-state index >= 15 is 0 Å². The van der Waals surface area contributed by atoms with Crippen molar-refractivity contribution in [2.24, 2.45) is 11.7 Å². The van der Waals surface area contributed by atoms with Crippen molar-refractivity contribution in [3.8, 4) is 0 Å². The molecule has 2 N–H and O–H groups in total.